The van der Waals surface area contributed by atoms with Crippen LogP contribution in [0.4, 0.5) is 4.39 Å². The fourth-order valence-corrected chi connectivity index (χ4v) is 1.80. The minimum absolute atomic E-state index is 0.276. The van der Waals surface area contributed by atoms with Crippen molar-refractivity contribution in [3.8, 4) is 0 Å². The van der Waals surface area contributed by atoms with E-state index in [0.29, 0.717) is 5.56 Å². The second-order valence-corrected chi connectivity index (χ2v) is 3.91. The minimum atomic E-state index is -0.386. The van der Waals surface area contributed by atoms with Gasteiger partial charge in [0.1, 0.15) is 5.82 Å². The number of hydrazine groups is 1. The van der Waals surface area contributed by atoms with Crippen molar-refractivity contribution >= 4 is 0 Å². The van der Waals surface area contributed by atoms with Gasteiger partial charge in [-0.25, -0.2) is 9.82 Å². The van der Waals surface area contributed by atoms with Gasteiger partial charge in [-0.15, -0.1) is 0 Å². The second-order valence-electron chi connectivity index (χ2n) is 3.91. The number of aryl methyl sites for hydroxylation is 1. The predicted molar refractivity (Wildman–Crippen MR) is 64.5 cm³/mol. The summed E-state index contributed by atoms with van der Waals surface area (Å²) in [7, 11) is 0. The topological polar surface area (TPSA) is 50.9 Å². The van der Waals surface area contributed by atoms with Gasteiger partial charge in [0.2, 0.25) is 0 Å². The van der Waals surface area contributed by atoms with Crippen LogP contribution in [0.15, 0.2) is 42.7 Å². The lowest BCUT2D eigenvalue weighted by atomic mass is 9.99. The smallest absolute Gasteiger partial charge is 0.128 e. The first kappa shape index (κ1) is 11.7. The van der Waals surface area contributed by atoms with E-state index in [0.717, 1.165) is 11.1 Å². The highest BCUT2D eigenvalue weighted by molar-refractivity contribution is 5.33. The molecule has 17 heavy (non-hydrogen) atoms. The van der Waals surface area contributed by atoms with Crippen molar-refractivity contribution < 1.29 is 4.39 Å². The zero-order chi connectivity index (χ0) is 12.3. The van der Waals surface area contributed by atoms with Crippen molar-refractivity contribution in [2.75, 3.05) is 0 Å². The van der Waals surface area contributed by atoms with Crippen LogP contribution in [0.1, 0.15) is 22.7 Å². The molecule has 4 heteroatoms. The number of nitrogens with one attached hydrogen (secondary N) is 1. The second kappa shape index (κ2) is 5.03. The summed E-state index contributed by atoms with van der Waals surface area (Å²) < 4.78 is 13.8. The van der Waals surface area contributed by atoms with Gasteiger partial charge >= 0.3 is 0 Å². The maximum atomic E-state index is 13.8. The molecule has 0 amide bonds. The molecule has 2 rings (SSSR count). The fraction of sp³-hybridized carbons (Fsp3) is 0.154. The quantitative estimate of drug-likeness (QED) is 0.628. The maximum Gasteiger partial charge on any atom is 0.128 e. The Morgan fingerprint density at radius 1 is 1.35 bits per heavy atom. The molecule has 1 atom stereocenters. The highest BCUT2D eigenvalue weighted by atomic mass is 19.1. The zero-order valence-corrected chi connectivity index (χ0v) is 9.52. The van der Waals surface area contributed by atoms with Gasteiger partial charge in [0, 0.05) is 18.0 Å². The van der Waals surface area contributed by atoms with Crippen LogP contribution in [0, 0.1) is 12.7 Å². The molecular formula is C13H14FN3. The standard InChI is InChI=1S/C13H14FN3/c1-9-4-5-12(14)11(7-9)13(17-15)10-3-2-6-16-8-10/h2-8,13,17H,15H2,1H3. The van der Waals surface area contributed by atoms with E-state index in [1.54, 1.807) is 30.6 Å². The summed E-state index contributed by atoms with van der Waals surface area (Å²) in [5.74, 6) is 5.24. The number of hydrogen-bond donors (Lipinski definition) is 2. The van der Waals surface area contributed by atoms with E-state index in [1.807, 2.05) is 13.0 Å². The van der Waals surface area contributed by atoms with E-state index in [-0.39, 0.29) is 11.9 Å². The number of pyridine rings is 1. The Bertz CT molecular complexity index is 499. The largest absolute Gasteiger partial charge is 0.271 e. The van der Waals surface area contributed by atoms with Crippen LogP contribution >= 0.6 is 0 Å². The average Bonchev–Trinajstić information content (AvgIpc) is 2.36. The maximum absolute atomic E-state index is 13.8. The van der Waals surface area contributed by atoms with Crippen LogP contribution in [0.2, 0.25) is 0 Å². The zero-order valence-electron chi connectivity index (χ0n) is 9.52. The molecule has 2 aromatic rings. The van der Waals surface area contributed by atoms with Gasteiger partial charge in [-0.2, -0.15) is 0 Å². The van der Waals surface area contributed by atoms with Crippen LogP contribution < -0.4 is 11.3 Å². The first-order valence-electron chi connectivity index (χ1n) is 5.34. The molecular weight excluding hydrogens is 217 g/mol. The fourth-order valence-electron chi connectivity index (χ4n) is 1.80. The van der Waals surface area contributed by atoms with E-state index in [9.17, 15) is 4.39 Å². The molecule has 1 unspecified atom stereocenters. The number of benzene rings is 1. The molecule has 0 saturated carbocycles. The molecule has 0 aliphatic carbocycles. The SMILES string of the molecule is Cc1ccc(F)c(C(NN)c2cccnc2)c1. The van der Waals surface area contributed by atoms with Crippen molar-refractivity contribution in [2.24, 2.45) is 5.84 Å². The van der Waals surface area contributed by atoms with E-state index in [4.69, 9.17) is 5.84 Å². The first-order valence-corrected chi connectivity index (χ1v) is 5.34. The molecule has 1 aromatic carbocycles. The first-order chi connectivity index (χ1) is 8.22. The van der Waals surface area contributed by atoms with Crippen LogP contribution in [0.25, 0.3) is 0 Å². The molecule has 0 aliphatic rings. The summed E-state index contributed by atoms with van der Waals surface area (Å²) in [6.07, 6.45) is 3.34. The van der Waals surface area contributed by atoms with Crippen LogP contribution in [-0.4, -0.2) is 4.98 Å². The van der Waals surface area contributed by atoms with Gasteiger partial charge in [-0.05, 0) is 24.6 Å². The molecule has 3 N–H and O–H groups in total. The number of nitrogens with two attached hydrogens (primary N) is 1. The van der Waals surface area contributed by atoms with Crippen LogP contribution in [0.5, 0.6) is 0 Å². The van der Waals surface area contributed by atoms with Gasteiger partial charge in [-0.3, -0.25) is 10.8 Å². The number of hydrogen-bond acceptors (Lipinski definition) is 3. The molecule has 0 saturated heterocycles. The van der Waals surface area contributed by atoms with Crippen molar-refractivity contribution in [1.82, 2.24) is 10.4 Å². The number of aromatic nitrogens is 1. The van der Waals surface area contributed by atoms with Gasteiger partial charge in [0.05, 0.1) is 6.04 Å². The van der Waals surface area contributed by atoms with Crippen LogP contribution in [0.3, 0.4) is 0 Å². The summed E-state index contributed by atoms with van der Waals surface area (Å²) in [4.78, 5) is 4.01. The molecule has 1 heterocycles. The van der Waals surface area contributed by atoms with E-state index < -0.39 is 0 Å². The Kier molecular flexibility index (Phi) is 3.46. The monoisotopic (exact) mass is 231 g/mol. The summed E-state index contributed by atoms with van der Waals surface area (Å²) in [5.41, 5.74) is 4.98. The summed E-state index contributed by atoms with van der Waals surface area (Å²) >= 11 is 0. The van der Waals surface area contributed by atoms with Crippen LogP contribution in [-0.2, 0) is 0 Å². The Morgan fingerprint density at radius 3 is 2.82 bits per heavy atom. The minimum Gasteiger partial charge on any atom is -0.271 e. The van der Waals surface area contributed by atoms with Crippen molar-refractivity contribution in [3.05, 3.63) is 65.2 Å². The lowest BCUT2D eigenvalue weighted by Gasteiger charge is -2.17. The lowest BCUT2D eigenvalue weighted by Crippen LogP contribution is -2.29. The normalized spacial score (nSPS) is 12.4. The molecule has 0 aliphatic heterocycles. The average molecular weight is 231 g/mol. The lowest BCUT2D eigenvalue weighted by molar-refractivity contribution is 0.559. The van der Waals surface area contributed by atoms with E-state index in [1.165, 1.54) is 6.07 Å². The summed E-state index contributed by atoms with van der Waals surface area (Å²) in [6.45, 7) is 1.92. The highest BCUT2D eigenvalue weighted by Gasteiger charge is 2.16. The van der Waals surface area contributed by atoms with E-state index >= 15 is 0 Å². The summed E-state index contributed by atoms with van der Waals surface area (Å²) in [6, 6.07) is 8.24. The number of rotatable bonds is 3. The van der Waals surface area contributed by atoms with E-state index in [2.05, 4.69) is 10.4 Å². The molecule has 3 nitrogen and oxygen atoms in total. The van der Waals surface area contributed by atoms with Gasteiger partial charge in [0.15, 0.2) is 0 Å². The Morgan fingerprint density at radius 2 is 2.18 bits per heavy atom. The third kappa shape index (κ3) is 2.49. The molecule has 0 radical (unpaired) electrons. The van der Waals surface area contributed by atoms with Crippen molar-refractivity contribution in [3.63, 3.8) is 0 Å². The molecule has 0 spiro atoms. The molecule has 88 valence electrons. The third-order valence-electron chi connectivity index (χ3n) is 2.65. The molecule has 1 aromatic heterocycles. The Hall–Kier alpha value is -1.78. The molecule has 0 fully saturated rings. The van der Waals surface area contributed by atoms with Crippen molar-refractivity contribution in [1.29, 1.82) is 0 Å². The van der Waals surface area contributed by atoms with Gasteiger partial charge in [0.25, 0.3) is 0 Å². The Labute approximate surface area is 99.5 Å². The van der Waals surface area contributed by atoms with Gasteiger partial charge in [-0.1, -0.05) is 23.8 Å². The number of halogens is 1. The molecule has 0 bridgehead atoms. The predicted octanol–water partition coefficient (Wildman–Crippen LogP) is 2.08. The number of nitrogens with zero attached hydrogens (tertiary/aromatic N) is 1. The van der Waals surface area contributed by atoms with Gasteiger partial charge < -0.3 is 0 Å². The Balaban J connectivity index is 2.46. The van der Waals surface area contributed by atoms with Crippen molar-refractivity contribution in [2.45, 2.75) is 13.0 Å². The third-order valence-corrected chi connectivity index (χ3v) is 2.65. The summed E-state index contributed by atoms with van der Waals surface area (Å²) in [5, 5.41) is 0. The highest BCUT2D eigenvalue weighted by Crippen LogP contribution is 2.23.